The van der Waals surface area contributed by atoms with E-state index in [0.29, 0.717) is 31.5 Å². The second kappa shape index (κ2) is 8.99. The van der Waals surface area contributed by atoms with Crippen LogP contribution >= 0.6 is 11.6 Å². The number of nitrogens with zero attached hydrogens (tertiary/aromatic N) is 1. The van der Waals surface area contributed by atoms with Crippen molar-refractivity contribution < 1.29 is 14.4 Å². The molecule has 5 nitrogen and oxygen atoms in total. The number of rotatable bonds is 6. The average molecular weight is 365 g/mol. The van der Waals surface area contributed by atoms with Gasteiger partial charge >= 0.3 is 0 Å². The molecule has 2 amide bonds. The van der Waals surface area contributed by atoms with Crippen molar-refractivity contribution in [1.29, 1.82) is 0 Å². The molecule has 1 saturated heterocycles. The molecule has 0 aliphatic carbocycles. The van der Waals surface area contributed by atoms with Crippen molar-refractivity contribution in [2.24, 2.45) is 0 Å². The summed E-state index contributed by atoms with van der Waals surface area (Å²) in [4.78, 5) is 37.7. The van der Waals surface area contributed by atoms with Gasteiger partial charge in [-0.05, 0) is 26.7 Å². The van der Waals surface area contributed by atoms with Crippen molar-refractivity contribution >= 4 is 29.2 Å². The lowest BCUT2D eigenvalue weighted by Gasteiger charge is -2.33. The number of alkyl halides is 1. The highest BCUT2D eigenvalue weighted by atomic mass is 35.5. The van der Waals surface area contributed by atoms with Gasteiger partial charge in [-0.15, -0.1) is 11.6 Å². The standard InChI is InChI=1S/C19H25ClN2O3/c1-13-3-5-15(6-4-13)17(23)7-8-18(24)21-16-9-11-22(12-10-16)19(25)14(2)20/h3-6,14,16H,7-12H2,1-2H3,(H,21,24). The predicted molar refractivity (Wildman–Crippen MR) is 97.8 cm³/mol. The van der Waals surface area contributed by atoms with E-state index in [1.807, 2.05) is 19.1 Å². The van der Waals surface area contributed by atoms with Crippen LogP contribution in [-0.2, 0) is 9.59 Å². The third-order valence-corrected chi connectivity index (χ3v) is 4.65. The Kier molecular flexibility index (Phi) is 7.00. The third kappa shape index (κ3) is 5.85. The largest absolute Gasteiger partial charge is 0.353 e. The Morgan fingerprint density at radius 1 is 1.16 bits per heavy atom. The molecule has 1 aliphatic rings. The number of carbonyl (C=O) groups excluding carboxylic acids is 3. The number of piperidine rings is 1. The van der Waals surface area contributed by atoms with Crippen LogP contribution in [0.2, 0.25) is 0 Å². The molecule has 1 fully saturated rings. The zero-order chi connectivity index (χ0) is 18.4. The number of aryl methyl sites for hydroxylation is 1. The molecule has 0 saturated carbocycles. The van der Waals surface area contributed by atoms with E-state index in [4.69, 9.17) is 11.6 Å². The minimum absolute atomic E-state index is 0.0216. The highest BCUT2D eigenvalue weighted by molar-refractivity contribution is 6.30. The number of nitrogens with one attached hydrogen (secondary N) is 1. The van der Waals surface area contributed by atoms with E-state index in [1.54, 1.807) is 24.0 Å². The number of hydrogen-bond donors (Lipinski definition) is 1. The molecule has 1 N–H and O–H groups in total. The molecule has 25 heavy (non-hydrogen) atoms. The Hall–Kier alpha value is -1.88. The van der Waals surface area contributed by atoms with Crippen LogP contribution in [0.25, 0.3) is 0 Å². The first kappa shape index (κ1) is 19.4. The molecular formula is C19H25ClN2O3. The fourth-order valence-electron chi connectivity index (χ4n) is 2.91. The van der Waals surface area contributed by atoms with Gasteiger partial charge in [0.05, 0.1) is 0 Å². The van der Waals surface area contributed by atoms with Crippen LogP contribution in [0.1, 0.15) is 48.5 Å². The smallest absolute Gasteiger partial charge is 0.240 e. The minimum atomic E-state index is -0.515. The van der Waals surface area contributed by atoms with Gasteiger partial charge in [0.2, 0.25) is 11.8 Å². The van der Waals surface area contributed by atoms with Gasteiger partial charge in [-0.1, -0.05) is 29.8 Å². The molecule has 1 atom stereocenters. The Bertz CT molecular complexity index is 620. The Morgan fingerprint density at radius 2 is 1.76 bits per heavy atom. The normalized spacial score (nSPS) is 16.4. The van der Waals surface area contributed by atoms with Gasteiger partial charge in [-0.3, -0.25) is 14.4 Å². The van der Waals surface area contributed by atoms with E-state index in [1.165, 1.54) is 0 Å². The molecule has 1 heterocycles. The summed E-state index contributed by atoms with van der Waals surface area (Å²) in [6.45, 7) is 4.84. The van der Waals surface area contributed by atoms with Gasteiger partial charge < -0.3 is 10.2 Å². The first-order chi connectivity index (χ1) is 11.9. The van der Waals surface area contributed by atoms with Crippen molar-refractivity contribution in [3.63, 3.8) is 0 Å². The molecule has 2 rings (SSSR count). The molecule has 1 aromatic carbocycles. The third-order valence-electron chi connectivity index (χ3n) is 4.46. The number of likely N-dealkylation sites (tertiary alicyclic amines) is 1. The maximum atomic E-state index is 12.1. The van der Waals surface area contributed by atoms with Gasteiger partial charge in [-0.25, -0.2) is 0 Å². The van der Waals surface area contributed by atoms with Crippen molar-refractivity contribution in [3.8, 4) is 0 Å². The quantitative estimate of drug-likeness (QED) is 0.623. The number of hydrogen-bond acceptors (Lipinski definition) is 3. The van der Waals surface area contributed by atoms with E-state index in [-0.39, 0.29) is 36.5 Å². The van der Waals surface area contributed by atoms with Gasteiger partial charge in [0.15, 0.2) is 5.78 Å². The van der Waals surface area contributed by atoms with Crippen molar-refractivity contribution in [3.05, 3.63) is 35.4 Å². The molecule has 0 spiro atoms. The number of amides is 2. The van der Waals surface area contributed by atoms with Crippen LogP contribution in [0.3, 0.4) is 0 Å². The SMILES string of the molecule is Cc1ccc(C(=O)CCC(=O)NC2CCN(C(=O)C(C)Cl)CC2)cc1. The summed E-state index contributed by atoms with van der Waals surface area (Å²) in [5.74, 6) is -0.197. The highest BCUT2D eigenvalue weighted by Crippen LogP contribution is 2.14. The van der Waals surface area contributed by atoms with Gasteiger partial charge in [0.1, 0.15) is 5.38 Å². The molecular weight excluding hydrogens is 340 g/mol. The molecule has 136 valence electrons. The lowest BCUT2D eigenvalue weighted by atomic mass is 10.0. The van der Waals surface area contributed by atoms with Gasteiger partial charge in [0, 0.05) is 37.5 Å². The summed E-state index contributed by atoms with van der Waals surface area (Å²) in [6.07, 6.45) is 1.82. The second-order valence-corrected chi connectivity index (χ2v) is 7.23. The number of benzene rings is 1. The summed E-state index contributed by atoms with van der Waals surface area (Å²) < 4.78 is 0. The van der Waals surface area contributed by atoms with Gasteiger partial charge in [-0.2, -0.15) is 0 Å². The van der Waals surface area contributed by atoms with E-state index in [9.17, 15) is 14.4 Å². The number of carbonyl (C=O) groups is 3. The van der Waals surface area contributed by atoms with E-state index >= 15 is 0 Å². The fraction of sp³-hybridized carbons (Fsp3) is 0.526. The predicted octanol–water partition coefficient (Wildman–Crippen LogP) is 2.69. The zero-order valence-electron chi connectivity index (χ0n) is 14.8. The zero-order valence-corrected chi connectivity index (χ0v) is 15.5. The minimum Gasteiger partial charge on any atom is -0.353 e. The van der Waals surface area contributed by atoms with E-state index in [2.05, 4.69) is 5.32 Å². The van der Waals surface area contributed by atoms with Crippen molar-refractivity contribution in [2.75, 3.05) is 13.1 Å². The molecule has 1 aliphatic heterocycles. The highest BCUT2D eigenvalue weighted by Gasteiger charge is 2.25. The molecule has 1 unspecified atom stereocenters. The van der Waals surface area contributed by atoms with E-state index in [0.717, 1.165) is 5.56 Å². The number of ketones is 1. The molecule has 6 heteroatoms. The van der Waals surface area contributed by atoms with Crippen LogP contribution in [0.15, 0.2) is 24.3 Å². The molecule has 0 radical (unpaired) electrons. The van der Waals surface area contributed by atoms with Crippen LogP contribution in [0.4, 0.5) is 0 Å². The van der Waals surface area contributed by atoms with Crippen LogP contribution < -0.4 is 5.32 Å². The first-order valence-corrected chi connectivity index (χ1v) is 9.12. The monoisotopic (exact) mass is 364 g/mol. The second-order valence-electron chi connectivity index (χ2n) is 6.57. The summed E-state index contributed by atoms with van der Waals surface area (Å²) in [5.41, 5.74) is 1.74. The first-order valence-electron chi connectivity index (χ1n) is 8.69. The number of halogens is 1. The van der Waals surface area contributed by atoms with Crippen LogP contribution in [0, 0.1) is 6.92 Å². The maximum absolute atomic E-state index is 12.1. The average Bonchev–Trinajstić information content (AvgIpc) is 2.60. The number of Topliss-reactive ketones (excluding diaryl/α,β-unsaturated/α-hetero) is 1. The molecule has 1 aromatic rings. The summed E-state index contributed by atoms with van der Waals surface area (Å²) in [6, 6.07) is 7.42. The fourth-order valence-corrected chi connectivity index (χ4v) is 3.04. The van der Waals surface area contributed by atoms with Crippen molar-refractivity contribution in [2.45, 2.75) is 50.9 Å². The lowest BCUT2D eigenvalue weighted by Crippen LogP contribution is -2.48. The Balaban J connectivity index is 1.71. The summed E-state index contributed by atoms with van der Waals surface area (Å²) >= 11 is 5.82. The van der Waals surface area contributed by atoms with Crippen LogP contribution in [-0.4, -0.2) is 47.0 Å². The lowest BCUT2D eigenvalue weighted by molar-refractivity contribution is -0.131. The summed E-state index contributed by atoms with van der Waals surface area (Å²) in [7, 11) is 0. The maximum Gasteiger partial charge on any atom is 0.240 e. The van der Waals surface area contributed by atoms with Crippen molar-refractivity contribution in [1.82, 2.24) is 10.2 Å². The van der Waals surface area contributed by atoms with Gasteiger partial charge in [0.25, 0.3) is 0 Å². The summed E-state index contributed by atoms with van der Waals surface area (Å²) in [5, 5.41) is 2.45. The Labute approximate surface area is 153 Å². The topological polar surface area (TPSA) is 66.5 Å². The molecule has 0 aromatic heterocycles. The van der Waals surface area contributed by atoms with E-state index < -0.39 is 5.38 Å². The molecule has 0 bridgehead atoms. The Morgan fingerprint density at radius 3 is 2.32 bits per heavy atom. The van der Waals surface area contributed by atoms with Crippen LogP contribution in [0.5, 0.6) is 0 Å².